The molecule has 2 rings (SSSR count). The van der Waals surface area contributed by atoms with Crippen LogP contribution in [-0.2, 0) is 14.8 Å². The van der Waals surface area contributed by atoms with Crippen LogP contribution in [0.2, 0.25) is 0 Å². The highest BCUT2D eigenvalue weighted by atomic mass is 32.2. The van der Waals surface area contributed by atoms with Gasteiger partial charge < -0.3 is 10.5 Å². The van der Waals surface area contributed by atoms with E-state index in [4.69, 9.17) is 10.5 Å². The number of hydrogen-bond acceptors (Lipinski definition) is 6. The third kappa shape index (κ3) is 2.46. The summed E-state index contributed by atoms with van der Waals surface area (Å²) in [6.45, 7) is 5.01. The highest BCUT2D eigenvalue weighted by Gasteiger charge is 2.26. The van der Waals surface area contributed by atoms with Gasteiger partial charge in [-0.2, -0.15) is 0 Å². The smallest absolute Gasteiger partial charge is 0.340 e. The van der Waals surface area contributed by atoms with Crippen molar-refractivity contribution in [2.75, 3.05) is 12.3 Å². The molecule has 0 fully saturated rings. The molecule has 0 unspecified atom stereocenters. The predicted molar refractivity (Wildman–Crippen MR) is 79.6 cm³/mol. The second kappa shape index (κ2) is 5.36. The lowest BCUT2D eigenvalue weighted by molar-refractivity contribution is 0.0528. The number of anilines is 1. The summed E-state index contributed by atoms with van der Waals surface area (Å²) >= 11 is 0. The highest BCUT2D eigenvalue weighted by molar-refractivity contribution is 7.90. The largest absolute Gasteiger partial charge is 0.462 e. The van der Waals surface area contributed by atoms with Crippen LogP contribution < -0.4 is 5.73 Å². The molecule has 1 heterocycles. The Hall–Kier alpha value is -2.09. The number of nitrogens with zero attached hydrogens (tertiary/aromatic N) is 2. The second-order valence-corrected chi connectivity index (χ2v) is 7.06. The van der Waals surface area contributed by atoms with Crippen LogP contribution in [0.1, 0.15) is 31.1 Å². The van der Waals surface area contributed by atoms with Crippen LogP contribution >= 0.6 is 0 Å². The Morgan fingerprint density at radius 1 is 1.43 bits per heavy atom. The number of imidazole rings is 1. The molecule has 1 aromatic carbocycles. The lowest BCUT2D eigenvalue weighted by atomic mass is 10.2. The Balaban J connectivity index is 2.75. The SMILES string of the molecule is CCOC(=O)c1cccc2c1nc(N)n2S(=O)(=O)C(C)C. The molecule has 21 heavy (non-hydrogen) atoms. The van der Waals surface area contributed by atoms with Crippen molar-refractivity contribution in [1.82, 2.24) is 8.96 Å². The molecular formula is C13H17N3O4S. The number of nitrogen functional groups attached to an aromatic ring is 1. The van der Waals surface area contributed by atoms with Crippen LogP contribution in [0.5, 0.6) is 0 Å². The minimum atomic E-state index is -3.67. The summed E-state index contributed by atoms with van der Waals surface area (Å²) in [6.07, 6.45) is 0. The summed E-state index contributed by atoms with van der Waals surface area (Å²) in [6, 6.07) is 4.66. The zero-order valence-corrected chi connectivity index (χ0v) is 12.8. The first-order chi connectivity index (χ1) is 9.80. The van der Waals surface area contributed by atoms with Gasteiger partial charge in [0.05, 0.1) is 22.9 Å². The fourth-order valence-electron chi connectivity index (χ4n) is 1.95. The number of esters is 1. The molecule has 0 saturated carbocycles. The van der Waals surface area contributed by atoms with Gasteiger partial charge >= 0.3 is 5.97 Å². The molecule has 2 aromatic rings. The van der Waals surface area contributed by atoms with Crippen molar-refractivity contribution >= 4 is 33.0 Å². The molecule has 0 aliphatic heterocycles. The van der Waals surface area contributed by atoms with Crippen molar-refractivity contribution in [3.05, 3.63) is 23.8 Å². The maximum Gasteiger partial charge on any atom is 0.340 e. The van der Waals surface area contributed by atoms with Crippen molar-refractivity contribution in [3.63, 3.8) is 0 Å². The van der Waals surface area contributed by atoms with Gasteiger partial charge in [0.15, 0.2) is 0 Å². The molecule has 0 bridgehead atoms. The second-order valence-electron chi connectivity index (χ2n) is 4.72. The van der Waals surface area contributed by atoms with E-state index in [1.54, 1.807) is 32.9 Å². The first-order valence-corrected chi connectivity index (χ1v) is 7.99. The number of fused-ring (bicyclic) bond motifs is 1. The number of ether oxygens (including phenoxy) is 1. The number of nitrogens with two attached hydrogens (primary N) is 1. The lowest BCUT2D eigenvalue weighted by Crippen LogP contribution is -2.23. The summed E-state index contributed by atoms with van der Waals surface area (Å²) in [5.74, 6) is -0.731. The molecule has 2 N–H and O–H groups in total. The first-order valence-electron chi connectivity index (χ1n) is 6.49. The highest BCUT2D eigenvalue weighted by Crippen LogP contribution is 2.25. The zero-order chi connectivity index (χ0) is 15.8. The zero-order valence-electron chi connectivity index (χ0n) is 12.0. The predicted octanol–water partition coefficient (Wildman–Crippen LogP) is 1.38. The number of para-hydroxylation sites is 1. The molecule has 0 aliphatic carbocycles. The maximum atomic E-state index is 12.4. The van der Waals surface area contributed by atoms with Crippen LogP contribution in [0.4, 0.5) is 5.95 Å². The normalized spacial score (nSPS) is 12.0. The van der Waals surface area contributed by atoms with Gasteiger partial charge in [0, 0.05) is 0 Å². The molecule has 0 spiro atoms. The van der Waals surface area contributed by atoms with Crippen LogP contribution in [0.3, 0.4) is 0 Å². The first kappa shape index (κ1) is 15.3. The van der Waals surface area contributed by atoms with E-state index >= 15 is 0 Å². The number of carbonyl (C=O) groups is 1. The quantitative estimate of drug-likeness (QED) is 0.855. The standard InChI is InChI=1S/C13H17N3O4S/c1-4-20-12(17)9-6-5-7-10-11(9)15-13(14)16(10)21(18,19)8(2)3/h5-8H,4H2,1-3H3,(H2,14,15). The van der Waals surface area contributed by atoms with E-state index in [2.05, 4.69) is 4.98 Å². The molecule has 0 amide bonds. The average molecular weight is 311 g/mol. The molecule has 0 aliphatic rings. The van der Waals surface area contributed by atoms with Crippen molar-refractivity contribution in [3.8, 4) is 0 Å². The van der Waals surface area contributed by atoms with E-state index in [9.17, 15) is 13.2 Å². The van der Waals surface area contributed by atoms with Gasteiger partial charge in [0.2, 0.25) is 16.0 Å². The topological polar surface area (TPSA) is 104 Å². The molecule has 0 radical (unpaired) electrons. The van der Waals surface area contributed by atoms with Gasteiger partial charge in [-0.3, -0.25) is 0 Å². The Morgan fingerprint density at radius 3 is 2.67 bits per heavy atom. The fourth-order valence-corrected chi connectivity index (χ4v) is 3.09. The van der Waals surface area contributed by atoms with Gasteiger partial charge in [-0.05, 0) is 32.9 Å². The molecule has 0 saturated heterocycles. The van der Waals surface area contributed by atoms with Gasteiger partial charge in [0.1, 0.15) is 5.52 Å². The van der Waals surface area contributed by atoms with E-state index in [1.165, 1.54) is 6.07 Å². The van der Waals surface area contributed by atoms with E-state index in [-0.39, 0.29) is 29.2 Å². The summed E-state index contributed by atoms with van der Waals surface area (Å²) in [5, 5.41) is -0.663. The number of benzene rings is 1. The Labute approximate surface area is 122 Å². The third-order valence-corrected chi connectivity index (χ3v) is 5.10. The van der Waals surface area contributed by atoms with Crippen LogP contribution in [0.25, 0.3) is 11.0 Å². The molecule has 0 atom stereocenters. The summed E-state index contributed by atoms with van der Waals surface area (Å²) in [7, 11) is -3.67. The van der Waals surface area contributed by atoms with Crippen molar-refractivity contribution < 1.29 is 17.9 Å². The Bertz CT molecular complexity index is 793. The number of rotatable bonds is 4. The van der Waals surface area contributed by atoms with Crippen molar-refractivity contribution in [1.29, 1.82) is 0 Å². The van der Waals surface area contributed by atoms with Crippen LogP contribution in [0.15, 0.2) is 18.2 Å². The summed E-state index contributed by atoms with van der Waals surface area (Å²) in [4.78, 5) is 15.9. The third-order valence-electron chi connectivity index (χ3n) is 3.01. The van der Waals surface area contributed by atoms with Gasteiger partial charge in [-0.1, -0.05) is 6.07 Å². The molecule has 7 nitrogen and oxygen atoms in total. The lowest BCUT2D eigenvalue weighted by Gasteiger charge is -2.11. The van der Waals surface area contributed by atoms with E-state index in [0.29, 0.717) is 0 Å². The van der Waals surface area contributed by atoms with Crippen LogP contribution in [-0.4, -0.2) is 35.2 Å². The summed E-state index contributed by atoms with van der Waals surface area (Å²) < 4.78 is 30.6. The van der Waals surface area contributed by atoms with E-state index in [0.717, 1.165) is 3.97 Å². The molecule has 1 aromatic heterocycles. The molecular weight excluding hydrogens is 294 g/mol. The monoisotopic (exact) mass is 311 g/mol. The van der Waals surface area contributed by atoms with Crippen molar-refractivity contribution in [2.24, 2.45) is 0 Å². The number of hydrogen-bond donors (Lipinski definition) is 1. The van der Waals surface area contributed by atoms with Gasteiger partial charge in [-0.25, -0.2) is 22.2 Å². The summed E-state index contributed by atoms with van der Waals surface area (Å²) in [5.41, 5.74) is 6.42. The molecule has 114 valence electrons. The molecule has 8 heteroatoms. The van der Waals surface area contributed by atoms with Gasteiger partial charge in [0.25, 0.3) is 0 Å². The minimum absolute atomic E-state index is 0.171. The fraction of sp³-hybridized carbons (Fsp3) is 0.385. The minimum Gasteiger partial charge on any atom is -0.462 e. The van der Waals surface area contributed by atoms with Crippen LogP contribution in [0, 0.1) is 0 Å². The van der Waals surface area contributed by atoms with E-state index in [1.807, 2.05) is 0 Å². The maximum absolute atomic E-state index is 12.4. The van der Waals surface area contributed by atoms with E-state index < -0.39 is 21.2 Å². The number of carbonyl (C=O) groups excluding carboxylic acids is 1. The average Bonchev–Trinajstić information content (AvgIpc) is 2.74. The van der Waals surface area contributed by atoms with Crippen molar-refractivity contribution in [2.45, 2.75) is 26.0 Å². The Kier molecular flexibility index (Phi) is 3.91. The van der Waals surface area contributed by atoms with Gasteiger partial charge in [-0.15, -0.1) is 0 Å². The Morgan fingerprint density at radius 2 is 2.10 bits per heavy atom. The number of aromatic nitrogens is 2.